The van der Waals surface area contributed by atoms with Crippen molar-refractivity contribution in [3.63, 3.8) is 0 Å². The maximum atomic E-state index is 13.6. The highest BCUT2D eigenvalue weighted by molar-refractivity contribution is 9.10. The van der Waals surface area contributed by atoms with Gasteiger partial charge in [0.15, 0.2) is 17.0 Å². The first-order valence-corrected chi connectivity index (χ1v) is 13.7. The van der Waals surface area contributed by atoms with Gasteiger partial charge < -0.3 is 14.8 Å². The monoisotopic (exact) mass is 577 g/mol. The lowest BCUT2D eigenvalue weighted by atomic mass is 9.77. The lowest BCUT2D eigenvalue weighted by Gasteiger charge is -2.32. The Hall–Kier alpha value is -3.43. The molecule has 4 atom stereocenters. The van der Waals surface area contributed by atoms with Crippen molar-refractivity contribution in [1.29, 1.82) is 0 Å². The maximum absolute atomic E-state index is 13.6. The van der Waals surface area contributed by atoms with Crippen molar-refractivity contribution in [2.75, 3.05) is 18.5 Å². The first-order valence-electron chi connectivity index (χ1n) is 12.9. The standard InChI is InChI=1S/C29H28BrN3O5/c1-2-37-25-16-19(11-14-24(25)38-17-18-9-12-20(30)13-10-18)26-23-8-5-15-32(23)29(27(26)33(35)36)21-6-3-4-7-22(21)31-28(29)34/h3-4,6-7,9-14,16,23,26-27H,2,5,8,15,17H2,1H3,(H,31,34)/t23-,26+,27+,29-/m0/s1. The Balaban J connectivity index is 1.40. The molecule has 0 radical (unpaired) electrons. The van der Waals surface area contributed by atoms with E-state index in [1.807, 2.05) is 73.7 Å². The topological polar surface area (TPSA) is 93.9 Å². The second kappa shape index (κ2) is 9.71. The zero-order valence-corrected chi connectivity index (χ0v) is 22.5. The zero-order chi connectivity index (χ0) is 26.4. The molecule has 9 heteroatoms. The van der Waals surface area contributed by atoms with Gasteiger partial charge in [-0.15, -0.1) is 0 Å². The van der Waals surface area contributed by atoms with Crippen LogP contribution in [0.25, 0.3) is 0 Å². The minimum absolute atomic E-state index is 0.133. The fourth-order valence-electron chi connectivity index (χ4n) is 6.64. The van der Waals surface area contributed by atoms with Crippen molar-refractivity contribution in [2.45, 2.75) is 49.9 Å². The number of rotatable bonds is 7. The molecule has 0 bridgehead atoms. The summed E-state index contributed by atoms with van der Waals surface area (Å²) in [7, 11) is 0. The number of ether oxygens (including phenoxy) is 2. The van der Waals surface area contributed by atoms with Crippen LogP contribution in [0.2, 0.25) is 0 Å². The Morgan fingerprint density at radius 2 is 1.89 bits per heavy atom. The summed E-state index contributed by atoms with van der Waals surface area (Å²) in [6, 6.07) is 19.6. The molecule has 3 aromatic rings. The van der Waals surface area contributed by atoms with E-state index in [4.69, 9.17) is 9.47 Å². The van der Waals surface area contributed by atoms with Gasteiger partial charge in [-0.3, -0.25) is 19.8 Å². The first kappa shape index (κ1) is 24.9. The minimum atomic E-state index is -1.34. The van der Waals surface area contributed by atoms with Crippen molar-refractivity contribution >= 4 is 27.5 Å². The van der Waals surface area contributed by atoms with Gasteiger partial charge in [-0.05, 0) is 61.2 Å². The van der Waals surface area contributed by atoms with E-state index < -0.39 is 17.5 Å². The second-order valence-corrected chi connectivity index (χ2v) is 10.9. The van der Waals surface area contributed by atoms with Gasteiger partial charge in [-0.25, -0.2) is 0 Å². The molecule has 0 aliphatic carbocycles. The molecule has 3 heterocycles. The van der Waals surface area contributed by atoms with Crippen LogP contribution in [0.15, 0.2) is 71.2 Å². The molecule has 2 saturated heterocycles. The van der Waals surface area contributed by atoms with Gasteiger partial charge >= 0.3 is 0 Å². The minimum Gasteiger partial charge on any atom is -0.490 e. The van der Waals surface area contributed by atoms with Gasteiger partial charge in [0.05, 0.1) is 12.5 Å². The molecule has 1 spiro atoms. The molecule has 3 aromatic carbocycles. The van der Waals surface area contributed by atoms with Gasteiger partial charge in [0.25, 0.3) is 11.9 Å². The van der Waals surface area contributed by atoms with Gasteiger partial charge in [-0.2, -0.15) is 0 Å². The number of benzene rings is 3. The highest BCUT2D eigenvalue weighted by Gasteiger charge is 2.73. The number of hydrogen-bond acceptors (Lipinski definition) is 6. The van der Waals surface area contributed by atoms with Crippen LogP contribution in [-0.4, -0.2) is 41.0 Å². The normalized spacial score (nSPS) is 25.7. The molecule has 6 rings (SSSR count). The lowest BCUT2D eigenvalue weighted by molar-refractivity contribution is -0.534. The number of para-hydroxylation sites is 1. The van der Waals surface area contributed by atoms with Crippen molar-refractivity contribution in [2.24, 2.45) is 0 Å². The number of fused-ring (bicyclic) bond motifs is 4. The summed E-state index contributed by atoms with van der Waals surface area (Å²) in [5.41, 5.74) is 1.81. The first-order chi connectivity index (χ1) is 18.4. The van der Waals surface area contributed by atoms with Gasteiger partial charge in [0, 0.05) is 33.2 Å². The predicted molar refractivity (Wildman–Crippen MR) is 146 cm³/mol. The van der Waals surface area contributed by atoms with Crippen molar-refractivity contribution in [1.82, 2.24) is 4.90 Å². The molecule has 1 amide bonds. The SMILES string of the molecule is CCOc1cc([C@@H]2[C@@H]3CCCN3[C@]3(C(=O)Nc4ccccc43)[C@@H]2[N+](=O)[O-])ccc1OCc1ccc(Br)cc1. The molecule has 1 N–H and O–H groups in total. The Morgan fingerprint density at radius 1 is 1.11 bits per heavy atom. The molecule has 0 aromatic heterocycles. The molecule has 0 saturated carbocycles. The van der Waals surface area contributed by atoms with Crippen LogP contribution in [0.4, 0.5) is 5.69 Å². The van der Waals surface area contributed by atoms with Crippen LogP contribution >= 0.6 is 15.9 Å². The number of anilines is 1. The van der Waals surface area contributed by atoms with E-state index >= 15 is 0 Å². The van der Waals surface area contributed by atoms with Crippen LogP contribution in [0.1, 0.15) is 42.4 Å². The lowest BCUT2D eigenvalue weighted by Crippen LogP contribution is -2.55. The highest BCUT2D eigenvalue weighted by Crippen LogP contribution is 2.58. The fraction of sp³-hybridized carbons (Fsp3) is 0.345. The number of nitro groups is 1. The molecular weight excluding hydrogens is 550 g/mol. The molecule has 3 aliphatic rings. The van der Waals surface area contributed by atoms with Crippen molar-refractivity contribution in [3.8, 4) is 11.5 Å². The van der Waals surface area contributed by atoms with Crippen molar-refractivity contribution < 1.29 is 19.2 Å². The number of amides is 1. The Bertz CT molecular complexity index is 1400. The molecular formula is C29H28BrN3O5. The summed E-state index contributed by atoms with van der Waals surface area (Å²) < 4.78 is 13.0. The van der Waals surface area contributed by atoms with Crippen LogP contribution < -0.4 is 14.8 Å². The number of hydrogen-bond donors (Lipinski definition) is 1. The molecule has 0 unspecified atom stereocenters. The van der Waals surface area contributed by atoms with E-state index in [0.29, 0.717) is 42.5 Å². The average molecular weight is 578 g/mol. The maximum Gasteiger partial charge on any atom is 0.256 e. The van der Waals surface area contributed by atoms with Crippen LogP contribution in [-0.2, 0) is 16.9 Å². The van der Waals surface area contributed by atoms with E-state index in [9.17, 15) is 14.9 Å². The van der Waals surface area contributed by atoms with E-state index in [0.717, 1.165) is 28.4 Å². The third-order valence-corrected chi connectivity index (χ3v) is 8.58. The Labute approximate surface area is 229 Å². The van der Waals surface area contributed by atoms with Gasteiger partial charge in [0.1, 0.15) is 6.61 Å². The molecule has 8 nitrogen and oxygen atoms in total. The van der Waals surface area contributed by atoms with E-state index in [2.05, 4.69) is 26.1 Å². The quantitative estimate of drug-likeness (QED) is 0.295. The number of carbonyl (C=O) groups excluding carboxylic acids is 1. The third-order valence-electron chi connectivity index (χ3n) is 8.05. The summed E-state index contributed by atoms with van der Waals surface area (Å²) in [5.74, 6) is 0.334. The molecule has 3 aliphatic heterocycles. The van der Waals surface area contributed by atoms with Crippen LogP contribution in [0.3, 0.4) is 0 Å². The number of halogens is 1. The van der Waals surface area contributed by atoms with Crippen LogP contribution in [0, 0.1) is 10.1 Å². The Morgan fingerprint density at radius 3 is 2.66 bits per heavy atom. The summed E-state index contributed by atoms with van der Waals surface area (Å²) >= 11 is 3.45. The summed E-state index contributed by atoms with van der Waals surface area (Å²) in [6.07, 6.45) is 1.67. The van der Waals surface area contributed by atoms with E-state index in [1.54, 1.807) is 0 Å². The van der Waals surface area contributed by atoms with Gasteiger partial charge in [-0.1, -0.05) is 52.3 Å². The van der Waals surface area contributed by atoms with Gasteiger partial charge in [0.2, 0.25) is 0 Å². The largest absolute Gasteiger partial charge is 0.490 e. The fourth-order valence-corrected chi connectivity index (χ4v) is 6.90. The van der Waals surface area contributed by atoms with Crippen molar-refractivity contribution in [3.05, 3.63) is 98.0 Å². The zero-order valence-electron chi connectivity index (χ0n) is 20.9. The average Bonchev–Trinajstić information content (AvgIpc) is 3.57. The number of carbonyl (C=O) groups is 1. The van der Waals surface area contributed by atoms with Crippen LogP contribution in [0.5, 0.6) is 11.5 Å². The summed E-state index contributed by atoms with van der Waals surface area (Å²) in [5, 5.41) is 15.8. The predicted octanol–water partition coefficient (Wildman–Crippen LogP) is 5.48. The second-order valence-electron chi connectivity index (χ2n) is 9.98. The molecule has 38 heavy (non-hydrogen) atoms. The molecule has 196 valence electrons. The molecule has 2 fully saturated rings. The third kappa shape index (κ3) is 3.79. The smallest absolute Gasteiger partial charge is 0.256 e. The van der Waals surface area contributed by atoms with E-state index in [-0.39, 0.29) is 16.9 Å². The van der Waals surface area contributed by atoms with E-state index in [1.165, 1.54) is 0 Å². The Kier molecular flexibility index (Phi) is 6.36. The number of nitrogens with one attached hydrogen (secondary N) is 1. The summed E-state index contributed by atoms with van der Waals surface area (Å²) in [6.45, 7) is 3.33. The highest BCUT2D eigenvalue weighted by atomic mass is 79.9. The summed E-state index contributed by atoms with van der Waals surface area (Å²) in [4.78, 5) is 28.3. The number of nitrogens with zero attached hydrogens (tertiary/aromatic N) is 2.